The van der Waals surface area contributed by atoms with Crippen molar-refractivity contribution in [1.29, 1.82) is 0 Å². The molecule has 0 aromatic heterocycles. The normalized spacial score (nSPS) is 23.7. The Labute approximate surface area is 111 Å². The third-order valence-corrected chi connectivity index (χ3v) is 3.67. The lowest BCUT2D eigenvalue weighted by Crippen LogP contribution is -2.51. The highest BCUT2D eigenvalue weighted by Crippen LogP contribution is 2.49. The number of para-hydroxylation sites is 1. The Morgan fingerprint density at radius 2 is 1.78 bits per heavy atom. The summed E-state index contributed by atoms with van der Waals surface area (Å²) in [6.07, 6.45) is 1.10. The highest BCUT2D eigenvalue weighted by atomic mass is 35.5. The van der Waals surface area contributed by atoms with Gasteiger partial charge in [0.2, 0.25) is 0 Å². The van der Waals surface area contributed by atoms with Gasteiger partial charge in [-0.2, -0.15) is 0 Å². The van der Waals surface area contributed by atoms with E-state index in [0.29, 0.717) is 18.6 Å². The zero-order chi connectivity index (χ0) is 11.9. The first-order valence-corrected chi connectivity index (χ1v) is 5.98. The number of hydrogen-bond acceptors (Lipinski definition) is 2. The second-order valence-corrected chi connectivity index (χ2v) is 4.91. The van der Waals surface area contributed by atoms with Crippen molar-refractivity contribution in [2.75, 3.05) is 13.1 Å². The van der Waals surface area contributed by atoms with Gasteiger partial charge >= 0.3 is 0 Å². The smallest absolute Gasteiger partial charge is 0.280 e. The number of nitrogens with one attached hydrogen (secondary N) is 1. The van der Waals surface area contributed by atoms with Gasteiger partial charge in [-0.25, -0.2) is 8.78 Å². The van der Waals surface area contributed by atoms with Crippen LogP contribution in [0, 0.1) is 0 Å². The van der Waals surface area contributed by atoms with Gasteiger partial charge in [-0.15, -0.1) is 12.4 Å². The van der Waals surface area contributed by atoms with Crippen LogP contribution in [0.2, 0.25) is 0 Å². The van der Waals surface area contributed by atoms with Gasteiger partial charge in [0.15, 0.2) is 0 Å². The number of alkyl halides is 2. The van der Waals surface area contributed by atoms with Crippen LogP contribution in [0.4, 0.5) is 8.78 Å². The molecule has 1 spiro atoms. The molecule has 100 valence electrons. The molecule has 0 radical (unpaired) electrons. The molecule has 1 N–H and O–H groups in total. The van der Waals surface area contributed by atoms with Crippen LogP contribution in [0.15, 0.2) is 24.3 Å². The number of piperidine rings is 1. The number of rotatable bonds is 0. The second kappa shape index (κ2) is 4.67. The zero-order valence-electron chi connectivity index (χ0n) is 9.92. The molecule has 0 amide bonds. The summed E-state index contributed by atoms with van der Waals surface area (Å²) < 4.78 is 34.1. The molecule has 0 saturated carbocycles. The summed E-state index contributed by atoms with van der Waals surface area (Å²) in [5.41, 5.74) is -0.646. The van der Waals surface area contributed by atoms with Gasteiger partial charge < -0.3 is 10.1 Å². The predicted molar refractivity (Wildman–Crippen MR) is 67.7 cm³/mol. The molecule has 2 nitrogen and oxygen atoms in total. The maximum atomic E-state index is 14.1. The molecule has 2 heterocycles. The third-order valence-electron chi connectivity index (χ3n) is 3.67. The molecule has 2 aliphatic heterocycles. The second-order valence-electron chi connectivity index (χ2n) is 4.91. The Morgan fingerprint density at radius 3 is 2.50 bits per heavy atom. The SMILES string of the molecule is Cl.FC1(F)CC2(CCNCC2)Oc2ccccc21. The van der Waals surface area contributed by atoms with E-state index in [1.54, 1.807) is 18.2 Å². The summed E-state index contributed by atoms with van der Waals surface area (Å²) in [5, 5.41) is 3.18. The van der Waals surface area contributed by atoms with Crippen LogP contribution < -0.4 is 10.1 Å². The van der Waals surface area contributed by atoms with E-state index in [-0.39, 0.29) is 24.4 Å². The summed E-state index contributed by atoms with van der Waals surface area (Å²) in [4.78, 5) is 0. The number of fused-ring (bicyclic) bond motifs is 1. The molecule has 18 heavy (non-hydrogen) atoms. The fourth-order valence-electron chi connectivity index (χ4n) is 2.79. The van der Waals surface area contributed by atoms with Crippen molar-refractivity contribution < 1.29 is 13.5 Å². The standard InChI is InChI=1S/C13H15F2NO.ClH/c14-13(15)9-12(5-7-16-8-6-12)17-11-4-2-1-3-10(11)13;/h1-4,16H,5-9H2;1H. The van der Waals surface area contributed by atoms with E-state index >= 15 is 0 Å². The first-order valence-electron chi connectivity index (χ1n) is 5.98. The lowest BCUT2D eigenvalue weighted by molar-refractivity contribution is -0.116. The Bertz CT molecular complexity index is 433. The van der Waals surface area contributed by atoms with Crippen molar-refractivity contribution in [3.05, 3.63) is 29.8 Å². The number of benzene rings is 1. The highest BCUT2D eigenvalue weighted by Gasteiger charge is 2.50. The van der Waals surface area contributed by atoms with Gasteiger partial charge in [0.1, 0.15) is 11.4 Å². The summed E-state index contributed by atoms with van der Waals surface area (Å²) in [6.45, 7) is 1.50. The van der Waals surface area contributed by atoms with Gasteiger partial charge in [-0.1, -0.05) is 12.1 Å². The molecule has 0 unspecified atom stereocenters. The zero-order valence-corrected chi connectivity index (χ0v) is 10.7. The van der Waals surface area contributed by atoms with Crippen LogP contribution >= 0.6 is 12.4 Å². The van der Waals surface area contributed by atoms with Crippen LogP contribution in [-0.4, -0.2) is 18.7 Å². The Kier molecular flexibility index (Phi) is 3.52. The minimum atomic E-state index is -2.77. The van der Waals surface area contributed by atoms with Gasteiger partial charge in [0, 0.05) is 0 Å². The largest absolute Gasteiger partial charge is 0.486 e. The van der Waals surface area contributed by atoms with E-state index in [1.807, 2.05) is 0 Å². The average molecular weight is 276 g/mol. The quantitative estimate of drug-likeness (QED) is 0.786. The summed E-state index contributed by atoms with van der Waals surface area (Å²) in [6, 6.07) is 6.49. The number of hydrogen-bond donors (Lipinski definition) is 1. The molecule has 0 atom stereocenters. The van der Waals surface area contributed by atoms with Crippen molar-refractivity contribution in [2.45, 2.75) is 30.8 Å². The molecule has 1 fully saturated rings. The van der Waals surface area contributed by atoms with Crippen LogP contribution in [0.1, 0.15) is 24.8 Å². The number of ether oxygens (including phenoxy) is 1. The molecule has 0 bridgehead atoms. The first kappa shape index (κ1) is 13.6. The fraction of sp³-hybridized carbons (Fsp3) is 0.538. The van der Waals surface area contributed by atoms with Gasteiger partial charge in [0.25, 0.3) is 5.92 Å². The molecular weight excluding hydrogens is 260 g/mol. The van der Waals surface area contributed by atoms with Crippen molar-refractivity contribution in [2.24, 2.45) is 0 Å². The Hall–Kier alpha value is -0.870. The Balaban J connectivity index is 0.00000120. The minimum absolute atomic E-state index is 0. The first-order chi connectivity index (χ1) is 8.11. The lowest BCUT2D eigenvalue weighted by atomic mass is 9.82. The molecular formula is C13H16ClF2NO. The van der Waals surface area contributed by atoms with Crippen molar-refractivity contribution >= 4 is 12.4 Å². The minimum Gasteiger partial charge on any atom is -0.486 e. The Morgan fingerprint density at radius 1 is 1.11 bits per heavy atom. The molecule has 1 aromatic rings. The topological polar surface area (TPSA) is 21.3 Å². The van der Waals surface area contributed by atoms with E-state index in [2.05, 4.69) is 5.32 Å². The molecule has 2 aliphatic rings. The molecule has 5 heteroatoms. The highest BCUT2D eigenvalue weighted by molar-refractivity contribution is 5.85. The van der Waals surface area contributed by atoms with E-state index < -0.39 is 11.5 Å². The molecule has 3 rings (SSSR count). The van der Waals surface area contributed by atoms with Crippen LogP contribution in [0.25, 0.3) is 0 Å². The van der Waals surface area contributed by atoms with E-state index in [9.17, 15) is 8.78 Å². The maximum absolute atomic E-state index is 14.1. The maximum Gasteiger partial charge on any atom is 0.280 e. The molecule has 0 aliphatic carbocycles. The van der Waals surface area contributed by atoms with Gasteiger partial charge in [-0.05, 0) is 38.1 Å². The summed E-state index contributed by atoms with van der Waals surface area (Å²) >= 11 is 0. The van der Waals surface area contributed by atoms with E-state index in [1.165, 1.54) is 6.07 Å². The monoisotopic (exact) mass is 275 g/mol. The van der Waals surface area contributed by atoms with Gasteiger partial charge in [0.05, 0.1) is 12.0 Å². The average Bonchev–Trinajstić information content (AvgIpc) is 2.29. The van der Waals surface area contributed by atoms with Crippen LogP contribution in [0.3, 0.4) is 0 Å². The summed E-state index contributed by atoms with van der Waals surface area (Å²) in [5.74, 6) is -2.42. The van der Waals surface area contributed by atoms with Crippen molar-refractivity contribution in [1.82, 2.24) is 5.32 Å². The fourth-order valence-corrected chi connectivity index (χ4v) is 2.79. The molecule has 1 saturated heterocycles. The number of halogens is 3. The van der Waals surface area contributed by atoms with Crippen molar-refractivity contribution in [3.8, 4) is 5.75 Å². The van der Waals surface area contributed by atoms with Crippen LogP contribution in [-0.2, 0) is 5.92 Å². The van der Waals surface area contributed by atoms with E-state index in [0.717, 1.165) is 13.1 Å². The third kappa shape index (κ3) is 2.19. The molecule has 1 aromatic carbocycles. The van der Waals surface area contributed by atoms with E-state index in [4.69, 9.17) is 4.74 Å². The summed E-state index contributed by atoms with van der Waals surface area (Å²) in [7, 11) is 0. The van der Waals surface area contributed by atoms with Crippen LogP contribution in [0.5, 0.6) is 5.75 Å². The van der Waals surface area contributed by atoms with Crippen molar-refractivity contribution in [3.63, 3.8) is 0 Å². The predicted octanol–water partition coefficient (Wildman–Crippen LogP) is 3.10. The lowest BCUT2D eigenvalue weighted by Gasteiger charge is -2.44. The van der Waals surface area contributed by atoms with Gasteiger partial charge in [-0.3, -0.25) is 0 Å².